The summed E-state index contributed by atoms with van der Waals surface area (Å²) in [4.78, 5) is 61.6. The van der Waals surface area contributed by atoms with Gasteiger partial charge in [-0.25, -0.2) is 9.78 Å². The van der Waals surface area contributed by atoms with Crippen LogP contribution in [0.15, 0.2) is 17.5 Å². The van der Waals surface area contributed by atoms with Crippen LogP contribution in [-0.4, -0.2) is 86.9 Å². The maximum Gasteiger partial charge on any atom is 0.326 e. The number of aliphatic imine (C=N–C) groups is 1. The summed E-state index contributed by atoms with van der Waals surface area (Å²) >= 11 is 0. The number of imidazole rings is 1. The lowest BCUT2D eigenvalue weighted by Crippen LogP contribution is -2.56. The highest BCUT2D eigenvalue weighted by molar-refractivity contribution is 5.94. The average Bonchev–Trinajstić information content (AvgIpc) is 3.47. The van der Waals surface area contributed by atoms with Crippen LogP contribution in [0.5, 0.6) is 0 Å². The zero-order valence-electron chi connectivity index (χ0n) is 19.1. The van der Waals surface area contributed by atoms with E-state index in [0.29, 0.717) is 25.0 Å². The van der Waals surface area contributed by atoms with Gasteiger partial charge in [0, 0.05) is 31.4 Å². The molecule has 3 amide bonds. The molecule has 14 heteroatoms. The number of aromatic nitrogens is 2. The van der Waals surface area contributed by atoms with E-state index in [4.69, 9.17) is 17.2 Å². The van der Waals surface area contributed by atoms with Crippen LogP contribution in [0.3, 0.4) is 0 Å². The molecule has 14 nitrogen and oxygen atoms in total. The molecule has 1 saturated heterocycles. The molecule has 188 valence electrons. The Morgan fingerprint density at radius 2 is 2.03 bits per heavy atom. The van der Waals surface area contributed by atoms with Gasteiger partial charge in [-0.1, -0.05) is 0 Å². The number of carbonyl (C=O) groups is 4. The van der Waals surface area contributed by atoms with Crippen molar-refractivity contribution in [3.8, 4) is 0 Å². The molecule has 34 heavy (non-hydrogen) atoms. The molecule has 1 aliphatic rings. The molecular weight excluding hydrogens is 446 g/mol. The number of guanidine groups is 1. The summed E-state index contributed by atoms with van der Waals surface area (Å²) in [6.07, 6.45) is 4.67. The molecule has 2 rings (SSSR count). The van der Waals surface area contributed by atoms with Gasteiger partial charge in [0.15, 0.2) is 5.96 Å². The number of aliphatic carboxylic acids is 1. The lowest BCUT2D eigenvalue weighted by molar-refractivity contribution is -0.149. The topological polar surface area (TPSA) is 235 Å². The SMILES string of the molecule is CC(NC(=O)C(N)Cc1cnc[nH]1)C(=O)NC(CCCN=C(N)N)C(=O)N1CCCC1C(=O)O. The smallest absolute Gasteiger partial charge is 0.326 e. The first-order valence-corrected chi connectivity index (χ1v) is 11.0. The minimum absolute atomic E-state index is 0.0970. The number of carboxylic acid groups (broad SMARTS) is 1. The van der Waals surface area contributed by atoms with Crippen molar-refractivity contribution in [1.29, 1.82) is 0 Å². The average molecular weight is 480 g/mol. The number of hydrogen-bond acceptors (Lipinski definition) is 7. The molecule has 1 fully saturated rings. The number of nitrogens with one attached hydrogen (secondary N) is 3. The highest BCUT2D eigenvalue weighted by Crippen LogP contribution is 2.19. The summed E-state index contributed by atoms with van der Waals surface area (Å²) in [5.41, 5.74) is 17.2. The van der Waals surface area contributed by atoms with Crippen molar-refractivity contribution in [2.75, 3.05) is 13.1 Å². The first kappa shape index (κ1) is 26.6. The van der Waals surface area contributed by atoms with Gasteiger partial charge in [0.1, 0.15) is 18.1 Å². The Kier molecular flexibility index (Phi) is 9.79. The summed E-state index contributed by atoms with van der Waals surface area (Å²) in [5.74, 6) is -2.84. The zero-order chi connectivity index (χ0) is 25.3. The third-order valence-corrected chi connectivity index (χ3v) is 5.46. The van der Waals surface area contributed by atoms with E-state index in [9.17, 15) is 24.3 Å². The molecule has 0 saturated carbocycles. The van der Waals surface area contributed by atoms with Gasteiger partial charge in [0.25, 0.3) is 0 Å². The van der Waals surface area contributed by atoms with E-state index >= 15 is 0 Å². The van der Waals surface area contributed by atoms with E-state index < -0.39 is 47.9 Å². The number of nitrogens with zero attached hydrogens (tertiary/aromatic N) is 3. The Morgan fingerprint density at radius 1 is 1.29 bits per heavy atom. The van der Waals surface area contributed by atoms with E-state index in [2.05, 4.69) is 25.6 Å². The minimum atomic E-state index is -1.09. The predicted octanol–water partition coefficient (Wildman–Crippen LogP) is -2.60. The summed E-state index contributed by atoms with van der Waals surface area (Å²) in [6, 6.07) is -3.84. The number of H-pyrrole nitrogens is 1. The van der Waals surface area contributed by atoms with Crippen LogP contribution in [0.2, 0.25) is 0 Å². The molecule has 1 aliphatic heterocycles. The Balaban J connectivity index is 2.00. The molecule has 0 spiro atoms. The third-order valence-electron chi connectivity index (χ3n) is 5.46. The molecular formula is C20H33N9O5. The second-order valence-electron chi connectivity index (χ2n) is 8.16. The molecule has 1 aromatic heterocycles. The maximum atomic E-state index is 13.1. The number of rotatable bonds is 12. The van der Waals surface area contributed by atoms with Crippen LogP contribution in [-0.2, 0) is 25.6 Å². The molecule has 0 aromatic carbocycles. The van der Waals surface area contributed by atoms with Crippen LogP contribution in [0.25, 0.3) is 0 Å². The van der Waals surface area contributed by atoms with Crippen molar-refractivity contribution in [3.05, 3.63) is 18.2 Å². The van der Waals surface area contributed by atoms with Crippen molar-refractivity contribution in [1.82, 2.24) is 25.5 Å². The highest BCUT2D eigenvalue weighted by Gasteiger charge is 2.37. The number of amides is 3. The summed E-state index contributed by atoms with van der Waals surface area (Å²) in [5, 5.41) is 14.6. The largest absolute Gasteiger partial charge is 0.480 e. The monoisotopic (exact) mass is 479 g/mol. The first-order chi connectivity index (χ1) is 16.1. The number of nitrogens with two attached hydrogens (primary N) is 3. The first-order valence-electron chi connectivity index (χ1n) is 11.0. The van der Waals surface area contributed by atoms with E-state index in [1.807, 2.05) is 0 Å². The fourth-order valence-corrected chi connectivity index (χ4v) is 3.66. The second kappa shape index (κ2) is 12.5. The molecule has 2 heterocycles. The molecule has 0 bridgehead atoms. The lowest BCUT2D eigenvalue weighted by Gasteiger charge is -2.28. The van der Waals surface area contributed by atoms with Gasteiger partial charge >= 0.3 is 5.97 Å². The fourth-order valence-electron chi connectivity index (χ4n) is 3.66. The zero-order valence-corrected chi connectivity index (χ0v) is 19.1. The van der Waals surface area contributed by atoms with Crippen LogP contribution in [0, 0.1) is 0 Å². The van der Waals surface area contributed by atoms with Crippen molar-refractivity contribution >= 4 is 29.7 Å². The van der Waals surface area contributed by atoms with Crippen LogP contribution < -0.4 is 27.8 Å². The Bertz CT molecular complexity index is 885. The highest BCUT2D eigenvalue weighted by atomic mass is 16.4. The van der Waals surface area contributed by atoms with Crippen molar-refractivity contribution in [2.45, 2.75) is 63.2 Å². The quantitative estimate of drug-likeness (QED) is 0.0943. The molecule has 1 aromatic rings. The molecule has 0 radical (unpaired) electrons. The number of carboxylic acids is 1. The van der Waals surface area contributed by atoms with Crippen molar-refractivity contribution in [3.63, 3.8) is 0 Å². The predicted molar refractivity (Wildman–Crippen MR) is 122 cm³/mol. The summed E-state index contributed by atoms with van der Waals surface area (Å²) < 4.78 is 0. The summed E-state index contributed by atoms with van der Waals surface area (Å²) in [7, 11) is 0. The number of aromatic amines is 1. The standard InChI is InChI=1S/C20H33N9O5/c1-11(27-17(31)13(21)8-12-9-24-10-26-12)16(30)28-14(4-2-6-25-20(22)23)18(32)29-7-3-5-15(29)19(33)34/h9-11,13-15H,2-8,21H2,1H3,(H,24,26)(H,27,31)(H,28,30)(H,33,34)(H4,22,23,25). The second-order valence-corrected chi connectivity index (χ2v) is 8.16. The van der Waals surface area contributed by atoms with E-state index in [0.717, 1.165) is 0 Å². The van der Waals surface area contributed by atoms with Crippen LogP contribution in [0.1, 0.15) is 38.3 Å². The van der Waals surface area contributed by atoms with Gasteiger partial charge in [0.05, 0.1) is 12.4 Å². The Labute approximate surface area is 196 Å². The van der Waals surface area contributed by atoms with Crippen LogP contribution >= 0.6 is 0 Å². The normalized spacial score (nSPS) is 17.9. The van der Waals surface area contributed by atoms with Gasteiger partial charge in [-0.15, -0.1) is 0 Å². The van der Waals surface area contributed by atoms with Gasteiger partial charge in [-0.05, 0) is 32.6 Å². The molecule has 0 aliphatic carbocycles. The number of likely N-dealkylation sites (tertiary alicyclic amines) is 1. The number of hydrogen-bond donors (Lipinski definition) is 7. The lowest BCUT2D eigenvalue weighted by atomic mass is 10.1. The van der Waals surface area contributed by atoms with E-state index in [1.165, 1.54) is 18.2 Å². The Morgan fingerprint density at radius 3 is 2.65 bits per heavy atom. The molecule has 4 unspecified atom stereocenters. The van der Waals surface area contributed by atoms with Gasteiger partial charge < -0.3 is 42.8 Å². The van der Waals surface area contributed by atoms with E-state index in [-0.39, 0.29) is 31.9 Å². The molecule has 10 N–H and O–H groups in total. The van der Waals surface area contributed by atoms with Gasteiger partial charge in [-0.2, -0.15) is 0 Å². The number of carbonyl (C=O) groups excluding carboxylic acids is 3. The van der Waals surface area contributed by atoms with Crippen LogP contribution in [0.4, 0.5) is 0 Å². The van der Waals surface area contributed by atoms with E-state index in [1.54, 1.807) is 6.20 Å². The van der Waals surface area contributed by atoms with Crippen molar-refractivity contribution < 1.29 is 24.3 Å². The maximum absolute atomic E-state index is 13.1. The minimum Gasteiger partial charge on any atom is -0.480 e. The Hall–Kier alpha value is -3.68. The van der Waals surface area contributed by atoms with Gasteiger partial charge in [0.2, 0.25) is 17.7 Å². The fraction of sp³-hybridized carbons (Fsp3) is 0.600. The van der Waals surface area contributed by atoms with Gasteiger partial charge in [-0.3, -0.25) is 19.4 Å². The molecule has 4 atom stereocenters. The third kappa shape index (κ3) is 7.72. The van der Waals surface area contributed by atoms with Crippen molar-refractivity contribution in [2.24, 2.45) is 22.2 Å². The summed E-state index contributed by atoms with van der Waals surface area (Å²) in [6.45, 7) is 1.98.